The van der Waals surface area contributed by atoms with Crippen molar-refractivity contribution in [1.82, 2.24) is 25.2 Å². The molecule has 3 N–H and O–H groups in total. The molecule has 1 fully saturated rings. The highest BCUT2D eigenvalue weighted by Crippen LogP contribution is 2.34. The number of piperazine rings is 1. The summed E-state index contributed by atoms with van der Waals surface area (Å²) in [4.78, 5) is 30.6. The van der Waals surface area contributed by atoms with Crippen LogP contribution in [0.3, 0.4) is 0 Å². The number of likely N-dealkylation sites (N-methyl/N-ethyl adjacent to an activating group) is 1. The van der Waals surface area contributed by atoms with Crippen LogP contribution in [-0.2, 0) is 6.54 Å². The third-order valence-electron chi connectivity index (χ3n) is 6.00. The third-order valence-corrected chi connectivity index (χ3v) is 6.00. The zero-order valence-corrected chi connectivity index (χ0v) is 18.2. The lowest BCUT2D eigenvalue weighted by Gasteiger charge is -2.33. The molecule has 9 heteroatoms. The van der Waals surface area contributed by atoms with Gasteiger partial charge in [-0.2, -0.15) is 0 Å². The number of nitrogens with zero attached hydrogens (tertiary/aromatic N) is 5. The number of pyridine rings is 1. The van der Waals surface area contributed by atoms with Gasteiger partial charge in [0.2, 0.25) is 5.95 Å². The van der Waals surface area contributed by atoms with Crippen molar-refractivity contribution in [1.29, 1.82) is 0 Å². The van der Waals surface area contributed by atoms with Crippen molar-refractivity contribution in [2.45, 2.75) is 6.54 Å². The molecule has 164 valence electrons. The SMILES string of the molecule is CNc1nccc(-c2ccc(Nc3ccc(N4CCN(C)CC4)cn3)c3c2CNC3=O)n1. The number of anilines is 4. The van der Waals surface area contributed by atoms with Gasteiger partial charge in [-0.1, -0.05) is 6.07 Å². The Labute approximate surface area is 186 Å². The van der Waals surface area contributed by atoms with E-state index in [1.807, 2.05) is 30.5 Å². The molecule has 3 aromatic rings. The fraction of sp³-hybridized carbons (Fsp3) is 0.304. The first-order chi connectivity index (χ1) is 15.6. The first kappa shape index (κ1) is 20.2. The van der Waals surface area contributed by atoms with Gasteiger partial charge < -0.3 is 25.8 Å². The summed E-state index contributed by atoms with van der Waals surface area (Å²) in [7, 11) is 3.93. The van der Waals surface area contributed by atoms with Gasteiger partial charge in [0, 0.05) is 51.5 Å². The molecule has 1 amide bonds. The molecule has 9 nitrogen and oxygen atoms in total. The van der Waals surface area contributed by atoms with E-state index >= 15 is 0 Å². The predicted molar refractivity (Wildman–Crippen MR) is 125 cm³/mol. The molecule has 0 unspecified atom stereocenters. The molecule has 1 saturated heterocycles. The van der Waals surface area contributed by atoms with Gasteiger partial charge in [0.15, 0.2) is 0 Å². The fourth-order valence-electron chi connectivity index (χ4n) is 4.17. The van der Waals surface area contributed by atoms with E-state index in [0.29, 0.717) is 23.9 Å². The van der Waals surface area contributed by atoms with Crippen LogP contribution in [-0.4, -0.2) is 66.0 Å². The van der Waals surface area contributed by atoms with Gasteiger partial charge in [-0.05, 0) is 36.9 Å². The smallest absolute Gasteiger partial charge is 0.254 e. The maximum Gasteiger partial charge on any atom is 0.254 e. The number of nitrogens with one attached hydrogen (secondary N) is 3. The van der Waals surface area contributed by atoms with Gasteiger partial charge in [-0.15, -0.1) is 0 Å². The van der Waals surface area contributed by atoms with Gasteiger partial charge in [-0.25, -0.2) is 15.0 Å². The molecular weight excluding hydrogens is 404 g/mol. The number of benzene rings is 1. The van der Waals surface area contributed by atoms with Crippen LogP contribution in [0.5, 0.6) is 0 Å². The zero-order chi connectivity index (χ0) is 22.1. The Bertz CT molecular complexity index is 1140. The Morgan fingerprint density at radius 1 is 1.03 bits per heavy atom. The Morgan fingerprint density at radius 3 is 2.62 bits per heavy atom. The summed E-state index contributed by atoms with van der Waals surface area (Å²) >= 11 is 0. The second-order valence-electron chi connectivity index (χ2n) is 8.03. The summed E-state index contributed by atoms with van der Waals surface area (Å²) in [5.41, 5.74) is 5.11. The highest BCUT2D eigenvalue weighted by atomic mass is 16.1. The summed E-state index contributed by atoms with van der Waals surface area (Å²) < 4.78 is 0. The van der Waals surface area contributed by atoms with Crippen LogP contribution in [0.4, 0.5) is 23.1 Å². The zero-order valence-electron chi connectivity index (χ0n) is 18.2. The van der Waals surface area contributed by atoms with Gasteiger partial charge in [-0.3, -0.25) is 4.79 Å². The van der Waals surface area contributed by atoms with Crippen molar-refractivity contribution in [2.24, 2.45) is 0 Å². The molecule has 0 aliphatic carbocycles. The van der Waals surface area contributed by atoms with E-state index in [2.05, 4.69) is 53.8 Å². The minimum absolute atomic E-state index is 0.0960. The Hall–Kier alpha value is -3.72. The number of amides is 1. The minimum Gasteiger partial charge on any atom is -0.368 e. The molecule has 2 aliphatic rings. The Morgan fingerprint density at radius 2 is 1.88 bits per heavy atom. The van der Waals surface area contributed by atoms with E-state index in [1.165, 1.54) is 0 Å². The van der Waals surface area contributed by atoms with Crippen LogP contribution >= 0.6 is 0 Å². The molecule has 0 radical (unpaired) electrons. The van der Waals surface area contributed by atoms with Crippen LogP contribution < -0.4 is 20.9 Å². The number of hydrogen-bond acceptors (Lipinski definition) is 8. The lowest BCUT2D eigenvalue weighted by molar-refractivity contribution is 0.0966. The standard InChI is InChI=1S/C23H26N8O/c1-24-23-25-8-7-18(29-23)16-4-5-19(21-17(16)14-27-22(21)32)28-20-6-3-15(13-26-20)31-11-9-30(2)10-12-31/h3-8,13H,9-12,14H2,1-2H3,(H,26,28)(H,27,32)(H,24,25,29). The average molecular weight is 431 g/mol. The molecule has 0 spiro atoms. The van der Waals surface area contributed by atoms with E-state index in [-0.39, 0.29) is 5.91 Å². The average Bonchev–Trinajstić information content (AvgIpc) is 3.22. The van der Waals surface area contributed by atoms with E-state index in [4.69, 9.17) is 0 Å². The van der Waals surface area contributed by atoms with Crippen molar-refractivity contribution in [3.63, 3.8) is 0 Å². The molecule has 0 saturated carbocycles. The van der Waals surface area contributed by atoms with Gasteiger partial charge >= 0.3 is 0 Å². The van der Waals surface area contributed by atoms with Crippen LogP contribution in [0.2, 0.25) is 0 Å². The van der Waals surface area contributed by atoms with Crippen LogP contribution in [0.1, 0.15) is 15.9 Å². The summed E-state index contributed by atoms with van der Waals surface area (Å²) in [6.45, 7) is 4.57. The Kier molecular flexibility index (Phi) is 5.32. The molecule has 0 atom stereocenters. The quantitative estimate of drug-likeness (QED) is 0.567. The topological polar surface area (TPSA) is 98.3 Å². The van der Waals surface area contributed by atoms with Crippen molar-refractivity contribution in [3.8, 4) is 11.3 Å². The lowest BCUT2D eigenvalue weighted by atomic mass is 9.98. The number of carbonyl (C=O) groups excluding carboxylic acids is 1. The number of carbonyl (C=O) groups is 1. The van der Waals surface area contributed by atoms with Gasteiger partial charge in [0.05, 0.1) is 28.8 Å². The molecule has 2 aromatic heterocycles. The molecule has 32 heavy (non-hydrogen) atoms. The van der Waals surface area contributed by atoms with Crippen LogP contribution in [0, 0.1) is 0 Å². The summed E-state index contributed by atoms with van der Waals surface area (Å²) in [6, 6.07) is 9.79. The summed E-state index contributed by atoms with van der Waals surface area (Å²) in [6.07, 6.45) is 3.60. The van der Waals surface area contributed by atoms with Gasteiger partial charge in [0.25, 0.3) is 5.91 Å². The molecular formula is C23H26N8O. The predicted octanol–water partition coefficient (Wildman–Crippen LogP) is 2.32. The number of hydrogen-bond donors (Lipinski definition) is 3. The molecule has 2 aliphatic heterocycles. The highest BCUT2D eigenvalue weighted by Gasteiger charge is 2.27. The normalized spacial score (nSPS) is 15.9. The maximum absolute atomic E-state index is 12.6. The van der Waals surface area contributed by atoms with E-state index in [1.54, 1.807) is 13.2 Å². The second kappa shape index (κ2) is 8.43. The number of aromatic nitrogens is 3. The monoisotopic (exact) mass is 430 g/mol. The van der Waals surface area contributed by atoms with Crippen molar-refractivity contribution in [3.05, 3.63) is 53.9 Å². The molecule has 0 bridgehead atoms. The van der Waals surface area contributed by atoms with Gasteiger partial charge in [0.1, 0.15) is 5.82 Å². The van der Waals surface area contributed by atoms with Crippen LogP contribution in [0.15, 0.2) is 42.7 Å². The third kappa shape index (κ3) is 3.82. The van der Waals surface area contributed by atoms with Crippen molar-refractivity contribution in [2.75, 3.05) is 55.8 Å². The molecule has 5 rings (SSSR count). The summed E-state index contributed by atoms with van der Waals surface area (Å²) in [5, 5.41) is 9.22. The van der Waals surface area contributed by atoms with E-state index in [9.17, 15) is 4.79 Å². The fourth-order valence-corrected chi connectivity index (χ4v) is 4.17. The number of rotatable bonds is 5. The number of fused-ring (bicyclic) bond motifs is 1. The minimum atomic E-state index is -0.0960. The van der Waals surface area contributed by atoms with E-state index < -0.39 is 0 Å². The van der Waals surface area contributed by atoms with Crippen molar-refractivity contribution < 1.29 is 4.79 Å². The first-order valence-electron chi connectivity index (χ1n) is 10.7. The first-order valence-corrected chi connectivity index (χ1v) is 10.7. The highest BCUT2D eigenvalue weighted by molar-refractivity contribution is 6.06. The maximum atomic E-state index is 12.6. The molecule has 4 heterocycles. The molecule has 1 aromatic carbocycles. The van der Waals surface area contributed by atoms with Crippen molar-refractivity contribution >= 4 is 29.0 Å². The summed E-state index contributed by atoms with van der Waals surface area (Å²) in [5.74, 6) is 1.15. The second-order valence-corrected chi connectivity index (χ2v) is 8.03. The van der Waals surface area contributed by atoms with Crippen LogP contribution in [0.25, 0.3) is 11.3 Å². The lowest BCUT2D eigenvalue weighted by Crippen LogP contribution is -2.44. The largest absolute Gasteiger partial charge is 0.368 e. The Balaban J connectivity index is 1.41. The van der Waals surface area contributed by atoms with E-state index in [0.717, 1.165) is 54.4 Å².